The Hall–Kier alpha value is -1.79. The topological polar surface area (TPSA) is 90.9 Å². The van der Waals surface area contributed by atoms with Crippen molar-refractivity contribution in [1.82, 2.24) is 5.32 Å². The first kappa shape index (κ1) is 23.2. The highest BCUT2D eigenvalue weighted by molar-refractivity contribution is 5.72. The van der Waals surface area contributed by atoms with Crippen LogP contribution in [0.4, 0.5) is 4.79 Å². The molecule has 7 heteroatoms. The lowest BCUT2D eigenvalue weighted by Crippen LogP contribution is -2.42. The lowest BCUT2D eigenvalue weighted by atomic mass is 9.71. The number of alkyl carbamates (subject to hydrolysis) is 1. The molecular formula is C20H35NO6. The highest BCUT2D eigenvalue weighted by Gasteiger charge is 2.36. The minimum absolute atomic E-state index is 0.104. The third-order valence-electron chi connectivity index (χ3n) is 4.98. The standard InChI is InChI=1S/C20H35NO6/c1-6-15(4)25-17(22)12-20(10-8-7-9-11-20)13-21-19(24)27-16(5)26-18(23)14(2)3/h14-16H,6-13H2,1-5H3,(H,21,24). The molecule has 1 aliphatic rings. The second-order valence-corrected chi connectivity index (χ2v) is 7.86. The van der Waals surface area contributed by atoms with Crippen LogP contribution in [0.5, 0.6) is 0 Å². The number of hydrogen-bond acceptors (Lipinski definition) is 6. The van der Waals surface area contributed by atoms with E-state index in [9.17, 15) is 14.4 Å². The second kappa shape index (κ2) is 11.1. The number of carbonyl (C=O) groups is 3. The molecule has 156 valence electrons. The summed E-state index contributed by atoms with van der Waals surface area (Å²) in [5.74, 6) is -0.936. The molecule has 7 nitrogen and oxygen atoms in total. The lowest BCUT2D eigenvalue weighted by Gasteiger charge is -2.36. The fourth-order valence-electron chi connectivity index (χ4n) is 3.15. The molecule has 1 aliphatic carbocycles. The van der Waals surface area contributed by atoms with Gasteiger partial charge < -0.3 is 19.5 Å². The van der Waals surface area contributed by atoms with Crippen LogP contribution in [0.25, 0.3) is 0 Å². The van der Waals surface area contributed by atoms with Crippen molar-refractivity contribution in [3.63, 3.8) is 0 Å². The van der Waals surface area contributed by atoms with Gasteiger partial charge >= 0.3 is 18.0 Å². The van der Waals surface area contributed by atoms with Gasteiger partial charge in [-0.1, -0.05) is 40.0 Å². The van der Waals surface area contributed by atoms with Gasteiger partial charge in [-0.05, 0) is 31.6 Å². The predicted molar refractivity (Wildman–Crippen MR) is 101 cm³/mol. The minimum atomic E-state index is -0.961. The molecule has 1 N–H and O–H groups in total. The van der Waals surface area contributed by atoms with Gasteiger partial charge in [-0.2, -0.15) is 0 Å². The van der Waals surface area contributed by atoms with Crippen LogP contribution in [-0.2, 0) is 23.8 Å². The number of hydrogen-bond donors (Lipinski definition) is 1. The largest absolute Gasteiger partial charge is 0.463 e. The summed E-state index contributed by atoms with van der Waals surface area (Å²) in [6.07, 6.45) is 4.25. The first-order chi connectivity index (χ1) is 12.7. The highest BCUT2D eigenvalue weighted by Crippen LogP contribution is 2.39. The van der Waals surface area contributed by atoms with Crippen LogP contribution >= 0.6 is 0 Å². The monoisotopic (exact) mass is 385 g/mol. The molecule has 1 fully saturated rings. The number of ether oxygens (including phenoxy) is 3. The lowest BCUT2D eigenvalue weighted by molar-refractivity contribution is -0.168. The molecule has 27 heavy (non-hydrogen) atoms. The predicted octanol–water partition coefficient (Wildman–Crippen LogP) is 3.94. The van der Waals surface area contributed by atoms with Gasteiger partial charge in [-0.25, -0.2) is 4.79 Å². The Morgan fingerprint density at radius 2 is 1.59 bits per heavy atom. The average Bonchev–Trinajstić information content (AvgIpc) is 2.60. The summed E-state index contributed by atoms with van der Waals surface area (Å²) in [5.41, 5.74) is -0.306. The van der Waals surface area contributed by atoms with E-state index in [1.54, 1.807) is 13.8 Å². The maximum atomic E-state index is 12.3. The fraction of sp³-hybridized carbons (Fsp3) is 0.850. The quantitative estimate of drug-likeness (QED) is 0.477. The van der Waals surface area contributed by atoms with E-state index in [1.807, 2.05) is 13.8 Å². The molecule has 0 aromatic rings. The van der Waals surface area contributed by atoms with Crippen LogP contribution < -0.4 is 5.32 Å². The van der Waals surface area contributed by atoms with Gasteiger partial charge in [0.1, 0.15) is 0 Å². The molecule has 0 heterocycles. The summed E-state index contributed by atoms with van der Waals surface area (Å²) in [6, 6.07) is 0. The molecule has 0 bridgehead atoms. The molecule has 1 rings (SSSR count). The third-order valence-corrected chi connectivity index (χ3v) is 4.98. The number of carbonyl (C=O) groups excluding carboxylic acids is 3. The van der Waals surface area contributed by atoms with E-state index in [1.165, 1.54) is 6.92 Å². The van der Waals surface area contributed by atoms with Crippen LogP contribution in [0.2, 0.25) is 0 Å². The van der Waals surface area contributed by atoms with Gasteiger partial charge in [0.25, 0.3) is 0 Å². The van der Waals surface area contributed by atoms with Crippen molar-refractivity contribution in [2.45, 2.75) is 92.0 Å². The van der Waals surface area contributed by atoms with Crippen molar-refractivity contribution < 1.29 is 28.6 Å². The normalized spacial score (nSPS) is 18.3. The highest BCUT2D eigenvalue weighted by atomic mass is 16.7. The molecular weight excluding hydrogens is 350 g/mol. The van der Waals surface area contributed by atoms with Crippen LogP contribution in [0.1, 0.15) is 79.6 Å². The van der Waals surface area contributed by atoms with E-state index >= 15 is 0 Å². The number of amides is 1. The molecule has 0 radical (unpaired) electrons. The number of rotatable bonds is 9. The Morgan fingerprint density at radius 3 is 2.15 bits per heavy atom. The summed E-state index contributed by atoms with van der Waals surface area (Å²) in [4.78, 5) is 35.9. The van der Waals surface area contributed by atoms with Gasteiger partial charge in [0.2, 0.25) is 6.29 Å². The van der Waals surface area contributed by atoms with Crippen molar-refractivity contribution in [3.8, 4) is 0 Å². The molecule has 1 saturated carbocycles. The number of nitrogens with one attached hydrogen (secondary N) is 1. The Bertz CT molecular complexity index is 499. The zero-order valence-corrected chi connectivity index (χ0v) is 17.3. The molecule has 2 unspecified atom stereocenters. The van der Waals surface area contributed by atoms with Crippen LogP contribution in [0.3, 0.4) is 0 Å². The Balaban J connectivity index is 2.55. The van der Waals surface area contributed by atoms with Gasteiger partial charge in [0, 0.05) is 13.5 Å². The number of esters is 2. The van der Waals surface area contributed by atoms with E-state index in [0.717, 1.165) is 38.5 Å². The van der Waals surface area contributed by atoms with Crippen LogP contribution in [0, 0.1) is 11.3 Å². The Morgan fingerprint density at radius 1 is 0.963 bits per heavy atom. The van der Waals surface area contributed by atoms with Crippen LogP contribution in [0.15, 0.2) is 0 Å². The van der Waals surface area contributed by atoms with Gasteiger partial charge in [-0.15, -0.1) is 0 Å². The zero-order chi connectivity index (χ0) is 20.4. The van der Waals surface area contributed by atoms with E-state index < -0.39 is 18.4 Å². The first-order valence-electron chi connectivity index (χ1n) is 10.0. The molecule has 1 amide bonds. The summed E-state index contributed by atoms with van der Waals surface area (Å²) in [5, 5.41) is 2.74. The Kier molecular flexibility index (Phi) is 9.60. The fourth-order valence-corrected chi connectivity index (χ4v) is 3.15. The van der Waals surface area contributed by atoms with Gasteiger partial charge in [0.05, 0.1) is 18.4 Å². The van der Waals surface area contributed by atoms with E-state index in [2.05, 4.69) is 5.32 Å². The molecule has 0 aliphatic heterocycles. The van der Waals surface area contributed by atoms with Crippen molar-refractivity contribution in [2.75, 3.05) is 6.54 Å². The molecule has 2 atom stereocenters. The first-order valence-corrected chi connectivity index (χ1v) is 10.0. The van der Waals surface area contributed by atoms with Crippen molar-refractivity contribution in [3.05, 3.63) is 0 Å². The summed E-state index contributed by atoms with van der Waals surface area (Å²) in [7, 11) is 0. The second-order valence-electron chi connectivity index (χ2n) is 7.86. The van der Waals surface area contributed by atoms with Crippen LogP contribution in [-0.4, -0.2) is 37.0 Å². The molecule has 0 aromatic carbocycles. The van der Waals surface area contributed by atoms with Crippen molar-refractivity contribution >= 4 is 18.0 Å². The van der Waals surface area contributed by atoms with Crippen molar-refractivity contribution in [1.29, 1.82) is 0 Å². The summed E-state index contributed by atoms with van der Waals surface area (Å²) < 4.78 is 15.5. The summed E-state index contributed by atoms with van der Waals surface area (Å²) >= 11 is 0. The third kappa shape index (κ3) is 8.63. The maximum Gasteiger partial charge on any atom is 0.410 e. The smallest absolute Gasteiger partial charge is 0.410 e. The van der Waals surface area contributed by atoms with E-state index in [4.69, 9.17) is 14.2 Å². The van der Waals surface area contributed by atoms with E-state index in [0.29, 0.717) is 6.54 Å². The minimum Gasteiger partial charge on any atom is -0.463 e. The molecule has 0 aromatic heterocycles. The van der Waals surface area contributed by atoms with Gasteiger partial charge in [-0.3, -0.25) is 9.59 Å². The molecule has 0 spiro atoms. The van der Waals surface area contributed by atoms with Gasteiger partial charge in [0.15, 0.2) is 0 Å². The maximum absolute atomic E-state index is 12.3. The Labute approximate surface area is 162 Å². The SMILES string of the molecule is CCC(C)OC(=O)CC1(CNC(=O)OC(C)OC(=O)C(C)C)CCCCC1. The van der Waals surface area contributed by atoms with E-state index in [-0.39, 0.29) is 29.8 Å². The zero-order valence-electron chi connectivity index (χ0n) is 17.3. The van der Waals surface area contributed by atoms with Crippen molar-refractivity contribution in [2.24, 2.45) is 11.3 Å². The summed E-state index contributed by atoms with van der Waals surface area (Å²) in [6.45, 7) is 9.10. The molecule has 0 saturated heterocycles. The average molecular weight is 386 g/mol.